The molecule has 0 fully saturated rings. The molecule has 0 aromatic heterocycles. The molecule has 4 aromatic rings. The predicted octanol–water partition coefficient (Wildman–Crippen LogP) is 7.85. The summed E-state index contributed by atoms with van der Waals surface area (Å²) in [7, 11) is 0. The summed E-state index contributed by atoms with van der Waals surface area (Å²) in [5.74, 6) is -0.691. The SMILES string of the molecule is CC.Cc1ccc(CNC(=O)c2ccc3c(c2)CCCN3Cc2cc(-c3ccccc3)ccc2F)cc1F. The van der Waals surface area contributed by atoms with Gasteiger partial charge in [0.05, 0.1) is 0 Å². The minimum Gasteiger partial charge on any atom is -0.367 e. The number of nitrogens with one attached hydrogen (secondary N) is 1. The van der Waals surface area contributed by atoms with Crippen molar-refractivity contribution < 1.29 is 13.6 Å². The van der Waals surface area contributed by atoms with Crippen LogP contribution in [0.4, 0.5) is 14.5 Å². The highest BCUT2D eigenvalue weighted by molar-refractivity contribution is 5.95. The van der Waals surface area contributed by atoms with Gasteiger partial charge in [0.2, 0.25) is 0 Å². The van der Waals surface area contributed by atoms with Gasteiger partial charge in [-0.1, -0.05) is 62.4 Å². The van der Waals surface area contributed by atoms with Gasteiger partial charge in [0, 0.05) is 36.4 Å². The van der Waals surface area contributed by atoms with Crippen molar-refractivity contribution >= 4 is 11.6 Å². The Morgan fingerprint density at radius 2 is 1.66 bits per heavy atom. The fourth-order valence-electron chi connectivity index (χ4n) is 4.72. The molecule has 5 heteroatoms. The maximum absolute atomic E-state index is 14.8. The Balaban J connectivity index is 0.00000164. The van der Waals surface area contributed by atoms with Crippen LogP contribution < -0.4 is 10.2 Å². The van der Waals surface area contributed by atoms with Gasteiger partial charge in [0.15, 0.2) is 0 Å². The predicted molar refractivity (Wildman–Crippen MR) is 151 cm³/mol. The summed E-state index contributed by atoms with van der Waals surface area (Å²) in [6.45, 7) is 7.26. The van der Waals surface area contributed by atoms with Gasteiger partial charge in [-0.05, 0) is 84.0 Å². The lowest BCUT2D eigenvalue weighted by Crippen LogP contribution is -2.30. The lowest BCUT2D eigenvalue weighted by molar-refractivity contribution is 0.0950. The number of hydrogen-bond acceptors (Lipinski definition) is 2. The first-order chi connectivity index (χ1) is 18.5. The Labute approximate surface area is 224 Å². The maximum atomic E-state index is 14.8. The number of amides is 1. The van der Waals surface area contributed by atoms with Crippen molar-refractivity contribution in [2.24, 2.45) is 0 Å². The van der Waals surface area contributed by atoms with Crippen molar-refractivity contribution in [3.63, 3.8) is 0 Å². The molecular weight excluding hydrogens is 478 g/mol. The highest BCUT2D eigenvalue weighted by atomic mass is 19.1. The molecule has 0 unspecified atom stereocenters. The second-order valence-corrected chi connectivity index (χ2v) is 9.31. The average Bonchev–Trinajstić information content (AvgIpc) is 2.96. The maximum Gasteiger partial charge on any atom is 0.251 e. The first-order valence-electron chi connectivity index (χ1n) is 13.2. The van der Waals surface area contributed by atoms with Crippen molar-refractivity contribution in [3.05, 3.63) is 124 Å². The largest absolute Gasteiger partial charge is 0.367 e. The Hall–Kier alpha value is -3.99. The van der Waals surface area contributed by atoms with Crippen LogP contribution >= 0.6 is 0 Å². The average molecular weight is 513 g/mol. The summed E-state index contributed by atoms with van der Waals surface area (Å²) in [4.78, 5) is 15.0. The number of anilines is 1. The number of nitrogens with zero attached hydrogens (tertiary/aromatic N) is 1. The van der Waals surface area contributed by atoms with Crippen LogP contribution in [0.2, 0.25) is 0 Å². The van der Waals surface area contributed by atoms with Gasteiger partial charge in [0.25, 0.3) is 5.91 Å². The van der Waals surface area contributed by atoms with Gasteiger partial charge in [-0.3, -0.25) is 4.79 Å². The molecule has 4 aromatic carbocycles. The summed E-state index contributed by atoms with van der Waals surface area (Å²) < 4.78 is 28.6. The Kier molecular flexibility index (Phi) is 8.90. The molecule has 5 rings (SSSR count). The van der Waals surface area contributed by atoms with Crippen molar-refractivity contribution in [1.82, 2.24) is 5.32 Å². The summed E-state index contributed by atoms with van der Waals surface area (Å²) >= 11 is 0. The number of fused-ring (bicyclic) bond motifs is 1. The molecule has 1 aliphatic rings. The summed E-state index contributed by atoms with van der Waals surface area (Å²) in [5.41, 5.74) is 6.67. The van der Waals surface area contributed by atoms with E-state index in [9.17, 15) is 13.6 Å². The number of carbonyl (C=O) groups is 1. The molecule has 38 heavy (non-hydrogen) atoms. The van der Waals surface area contributed by atoms with Crippen molar-refractivity contribution in [2.45, 2.75) is 46.7 Å². The highest BCUT2D eigenvalue weighted by Crippen LogP contribution is 2.31. The normalized spacial score (nSPS) is 12.3. The third kappa shape index (κ3) is 6.28. The van der Waals surface area contributed by atoms with Gasteiger partial charge >= 0.3 is 0 Å². The van der Waals surface area contributed by atoms with Crippen LogP contribution in [0.3, 0.4) is 0 Å². The molecule has 196 valence electrons. The van der Waals surface area contributed by atoms with Crippen LogP contribution in [-0.4, -0.2) is 12.5 Å². The van der Waals surface area contributed by atoms with E-state index in [4.69, 9.17) is 0 Å². The second kappa shape index (κ2) is 12.5. The van der Waals surface area contributed by atoms with E-state index in [2.05, 4.69) is 10.2 Å². The van der Waals surface area contributed by atoms with Gasteiger partial charge in [0.1, 0.15) is 11.6 Å². The molecule has 1 aliphatic heterocycles. The molecule has 0 saturated carbocycles. The van der Waals surface area contributed by atoms with E-state index >= 15 is 0 Å². The summed E-state index contributed by atoms with van der Waals surface area (Å²) in [6.07, 6.45) is 1.80. The van der Waals surface area contributed by atoms with E-state index in [1.54, 1.807) is 19.1 Å². The molecular formula is C33H34F2N2O. The van der Waals surface area contributed by atoms with Crippen molar-refractivity contribution in [3.8, 4) is 11.1 Å². The van der Waals surface area contributed by atoms with Gasteiger partial charge in [-0.25, -0.2) is 8.78 Å². The topological polar surface area (TPSA) is 32.3 Å². The number of aryl methyl sites for hydroxylation is 2. The zero-order chi connectivity index (χ0) is 27.1. The third-order valence-electron chi connectivity index (χ3n) is 6.76. The lowest BCUT2D eigenvalue weighted by atomic mass is 9.97. The van der Waals surface area contributed by atoms with E-state index in [0.717, 1.165) is 47.3 Å². The Morgan fingerprint density at radius 1 is 0.868 bits per heavy atom. The first kappa shape index (κ1) is 27.1. The van der Waals surface area contributed by atoms with Crippen LogP contribution in [0, 0.1) is 18.6 Å². The molecule has 0 spiro atoms. The van der Waals surface area contributed by atoms with Crippen LogP contribution in [0.15, 0.2) is 84.9 Å². The Bertz CT molecular complexity index is 1400. The number of rotatable bonds is 6. The van der Waals surface area contributed by atoms with Gasteiger partial charge in [-0.15, -0.1) is 0 Å². The standard InChI is InChI=1S/C31H28F2N2O.C2H6/c1-21-9-10-22(16-29(21)33)19-34-31(36)26-12-14-30-25(18-26)8-5-15-35(30)20-27-17-24(11-13-28(27)32)23-6-3-2-4-7-23;1-2/h2-4,6-7,9-14,16-18H,5,8,15,19-20H2,1H3,(H,34,36);1-2H3. The number of hydrogen-bond donors (Lipinski definition) is 1. The molecule has 1 heterocycles. The molecule has 0 saturated heterocycles. The van der Waals surface area contributed by atoms with E-state index in [1.165, 1.54) is 12.1 Å². The zero-order valence-electron chi connectivity index (χ0n) is 22.2. The van der Waals surface area contributed by atoms with Gasteiger partial charge in [-0.2, -0.15) is 0 Å². The molecule has 0 aliphatic carbocycles. The third-order valence-corrected chi connectivity index (χ3v) is 6.76. The summed E-state index contributed by atoms with van der Waals surface area (Å²) in [6, 6.07) is 25.9. The molecule has 3 nitrogen and oxygen atoms in total. The van der Waals surface area contributed by atoms with Crippen molar-refractivity contribution in [1.29, 1.82) is 0 Å². The fourth-order valence-corrected chi connectivity index (χ4v) is 4.72. The molecule has 0 bridgehead atoms. The molecule has 1 amide bonds. The number of carbonyl (C=O) groups excluding carboxylic acids is 1. The Morgan fingerprint density at radius 3 is 2.42 bits per heavy atom. The van der Waals surface area contributed by atoms with E-state index < -0.39 is 0 Å². The van der Waals surface area contributed by atoms with E-state index in [1.807, 2.05) is 74.5 Å². The molecule has 0 radical (unpaired) electrons. The minimum atomic E-state index is -0.277. The van der Waals surface area contributed by atoms with Crippen molar-refractivity contribution in [2.75, 3.05) is 11.4 Å². The fraction of sp³-hybridized carbons (Fsp3) is 0.242. The molecule has 0 atom stereocenters. The van der Waals surface area contributed by atoms with Crippen LogP contribution in [0.1, 0.15) is 52.9 Å². The second-order valence-electron chi connectivity index (χ2n) is 9.31. The van der Waals surface area contributed by atoms with Gasteiger partial charge < -0.3 is 10.2 Å². The molecule has 1 N–H and O–H groups in total. The van der Waals surface area contributed by atoms with Crippen LogP contribution in [0.25, 0.3) is 11.1 Å². The monoisotopic (exact) mass is 512 g/mol. The van der Waals surface area contributed by atoms with E-state index in [0.29, 0.717) is 23.2 Å². The zero-order valence-corrected chi connectivity index (χ0v) is 22.2. The van der Waals surface area contributed by atoms with Crippen LogP contribution in [0.5, 0.6) is 0 Å². The minimum absolute atomic E-state index is 0.197. The highest BCUT2D eigenvalue weighted by Gasteiger charge is 2.20. The number of benzene rings is 4. The smallest absolute Gasteiger partial charge is 0.251 e. The number of halogens is 2. The first-order valence-corrected chi connectivity index (χ1v) is 13.2. The van der Waals surface area contributed by atoms with E-state index in [-0.39, 0.29) is 24.1 Å². The quantitative estimate of drug-likeness (QED) is 0.285. The lowest BCUT2D eigenvalue weighted by Gasteiger charge is -2.32. The van der Waals surface area contributed by atoms with Crippen LogP contribution in [-0.2, 0) is 19.5 Å². The summed E-state index contributed by atoms with van der Waals surface area (Å²) in [5, 5.41) is 2.88.